The second-order valence-corrected chi connectivity index (χ2v) is 19.2. The normalized spacial score (nSPS) is 13.0. The van der Waals surface area contributed by atoms with Crippen LogP contribution in [0.25, 0.3) is 0 Å². The Kier molecular flexibility index (Phi) is 56.9. The van der Waals surface area contributed by atoms with E-state index >= 15 is 0 Å². The van der Waals surface area contributed by atoms with E-state index in [0.717, 1.165) is 109 Å². The summed E-state index contributed by atoms with van der Waals surface area (Å²) in [6, 6.07) is 0. The van der Waals surface area contributed by atoms with Crippen molar-refractivity contribution in [3.05, 3.63) is 109 Å². The van der Waals surface area contributed by atoms with Crippen LogP contribution in [0, 0.1) is 0 Å². The van der Waals surface area contributed by atoms with Crippen molar-refractivity contribution < 1.29 is 23.8 Å². The first-order chi connectivity index (χ1) is 34.6. The Balaban J connectivity index is 4.40. The molecule has 0 aliphatic carbocycles. The standard InChI is InChI=1S/C65H110O5/c1-4-7-10-13-16-19-22-25-28-31-33-35-37-40-43-46-49-52-55-58-64(66)69-62-63(61-68-60-57-54-51-48-45-42-39-36-32-29-26-23-20-17-14-11-8-5-2)70-65(67)59-56-53-50-47-44-41-38-34-30-27-24-21-18-15-12-9-6-3/h8,11,16-17,19-20,25-30,33,35-36,39,45,48,63H,4-7,9-10,12-15,18,21-24,31-32,34,37-38,40-44,46-47,49-62H2,1-3H3/b11-8-,19-16-,20-17-,28-25-,29-26-,30-27-,35-33-,39-36-,48-45-. The highest BCUT2D eigenvalue weighted by atomic mass is 16.6. The molecule has 5 nitrogen and oxygen atoms in total. The van der Waals surface area contributed by atoms with Crippen molar-refractivity contribution in [2.24, 2.45) is 0 Å². The lowest BCUT2D eigenvalue weighted by Crippen LogP contribution is -2.30. The molecule has 0 aliphatic heterocycles. The van der Waals surface area contributed by atoms with Gasteiger partial charge in [0.05, 0.1) is 6.61 Å². The lowest BCUT2D eigenvalue weighted by molar-refractivity contribution is -0.163. The highest BCUT2D eigenvalue weighted by Crippen LogP contribution is 2.14. The number of hydrogen-bond acceptors (Lipinski definition) is 5. The van der Waals surface area contributed by atoms with Crippen LogP contribution < -0.4 is 0 Å². The summed E-state index contributed by atoms with van der Waals surface area (Å²) in [6.07, 6.45) is 82.5. The van der Waals surface area contributed by atoms with Crippen LogP contribution in [0.1, 0.15) is 265 Å². The zero-order chi connectivity index (χ0) is 50.6. The summed E-state index contributed by atoms with van der Waals surface area (Å²) in [5.41, 5.74) is 0. The van der Waals surface area contributed by atoms with Crippen molar-refractivity contribution in [1.29, 1.82) is 0 Å². The maximum absolute atomic E-state index is 12.9. The Bertz CT molecular complexity index is 1380. The summed E-state index contributed by atoms with van der Waals surface area (Å²) >= 11 is 0. The summed E-state index contributed by atoms with van der Waals surface area (Å²) < 4.78 is 17.4. The van der Waals surface area contributed by atoms with E-state index < -0.39 is 6.10 Å². The quantitative estimate of drug-likeness (QED) is 0.0345. The molecule has 0 saturated carbocycles. The number of unbranched alkanes of at least 4 members (excludes halogenated alkanes) is 24. The molecule has 0 bridgehead atoms. The predicted molar refractivity (Wildman–Crippen MR) is 306 cm³/mol. The third-order valence-corrected chi connectivity index (χ3v) is 12.3. The van der Waals surface area contributed by atoms with Gasteiger partial charge in [0.2, 0.25) is 0 Å². The molecule has 1 atom stereocenters. The lowest BCUT2D eigenvalue weighted by Gasteiger charge is -2.18. The summed E-state index contributed by atoms with van der Waals surface area (Å²) in [7, 11) is 0. The molecule has 0 spiro atoms. The number of rotatable bonds is 53. The molecule has 0 heterocycles. The van der Waals surface area contributed by atoms with Gasteiger partial charge in [-0.25, -0.2) is 0 Å². The van der Waals surface area contributed by atoms with Crippen LogP contribution >= 0.6 is 0 Å². The van der Waals surface area contributed by atoms with Crippen LogP contribution in [0.5, 0.6) is 0 Å². The predicted octanol–water partition coefficient (Wildman–Crippen LogP) is 20.3. The maximum atomic E-state index is 12.9. The van der Waals surface area contributed by atoms with Crippen molar-refractivity contribution in [3.8, 4) is 0 Å². The molecule has 400 valence electrons. The van der Waals surface area contributed by atoms with E-state index in [4.69, 9.17) is 14.2 Å². The van der Waals surface area contributed by atoms with Crippen molar-refractivity contribution >= 4 is 11.9 Å². The van der Waals surface area contributed by atoms with Gasteiger partial charge in [-0.2, -0.15) is 0 Å². The Morgan fingerprint density at radius 1 is 0.329 bits per heavy atom. The van der Waals surface area contributed by atoms with Gasteiger partial charge >= 0.3 is 11.9 Å². The first kappa shape index (κ1) is 66.6. The largest absolute Gasteiger partial charge is 0.462 e. The number of carbonyl (C=O) groups excluding carboxylic acids is 2. The van der Waals surface area contributed by atoms with Crippen LogP contribution in [0.15, 0.2) is 109 Å². The van der Waals surface area contributed by atoms with Gasteiger partial charge in [-0.15, -0.1) is 0 Å². The molecule has 0 aromatic carbocycles. The van der Waals surface area contributed by atoms with E-state index in [1.54, 1.807) is 0 Å². The van der Waals surface area contributed by atoms with Crippen molar-refractivity contribution in [3.63, 3.8) is 0 Å². The van der Waals surface area contributed by atoms with Crippen LogP contribution in [0.2, 0.25) is 0 Å². The Morgan fingerprint density at radius 2 is 0.643 bits per heavy atom. The number of carbonyl (C=O) groups is 2. The summed E-state index contributed by atoms with van der Waals surface area (Å²) in [5.74, 6) is -0.441. The van der Waals surface area contributed by atoms with Crippen molar-refractivity contribution in [1.82, 2.24) is 0 Å². The fraction of sp³-hybridized carbons (Fsp3) is 0.692. The fourth-order valence-electron chi connectivity index (χ4n) is 7.89. The molecule has 0 aliphatic rings. The van der Waals surface area contributed by atoms with Gasteiger partial charge in [-0.05, 0) is 128 Å². The molecule has 0 aromatic heterocycles. The number of esters is 2. The smallest absolute Gasteiger partial charge is 0.306 e. The van der Waals surface area contributed by atoms with Crippen LogP contribution in [0.4, 0.5) is 0 Å². The average Bonchev–Trinajstić information content (AvgIpc) is 3.36. The van der Waals surface area contributed by atoms with E-state index in [0.29, 0.717) is 19.4 Å². The number of hydrogen-bond donors (Lipinski definition) is 0. The minimum atomic E-state index is -0.574. The summed E-state index contributed by atoms with van der Waals surface area (Å²) in [5, 5.41) is 0. The van der Waals surface area contributed by atoms with Gasteiger partial charge < -0.3 is 14.2 Å². The molecule has 0 fully saturated rings. The van der Waals surface area contributed by atoms with Gasteiger partial charge in [-0.3, -0.25) is 9.59 Å². The van der Waals surface area contributed by atoms with Crippen molar-refractivity contribution in [2.75, 3.05) is 19.8 Å². The van der Waals surface area contributed by atoms with Gasteiger partial charge in [0.25, 0.3) is 0 Å². The molecule has 0 radical (unpaired) electrons. The minimum Gasteiger partial charge on any atom is -0.462 e. The first-order valence-electron chi connectivity index (χ1n) is 29.4. The highest BCUT2D eigenvalue weighted by molar-refractivity contribution is 5.70. The third kappa shape index (κ3) is 57.1. The molecule has 0 rings (SSSR count). The zero-order valence-corrected chi connectivity index (χ0v) is 46.0. The van der Waals surface area contributed by atoms with Gasteiger partial charge in [0.1, 0.15) is 6.61 Å². The fourth-order valence-corrected chi connectivity index (χ4v) is 7.89. The lowest BCUT2D eigenvalue weighted by atomic mass is 10.1. The van der Waals surface area contributed by atoms with E-state index in [1.165, 1.54) is 122 Å². The SMILES string of the molecule is CC/C=C\C/C=C\C/C=C\C/C=C\C/C=C\CCCCOCC(COC(=O)CCCCCCCC/C=C\C/C=C\C/C=C\CCCCC)OC(=O)CCCCCCCCC/C=C\CCCCCCCC. The van der Waals surface area contributed by atoms with Crippen molar-refractivity contribution in [2.45, 2.75) is 271 Å². The molecule has 0 aromatic rings. The van der Waals surface area contributed by atoms with Crippen LogP contribution in [0.3, 0.4) is 0 Å². The van der Waals surface area contributed by atoms with Crippen LogP contribution in [-0.4, -0.2) is 37.9 Å². The molecule has 0 N–H and O–H groups in total. The molecular formula is C65H110O5. The van der Waals surface area contributed by atoms with Gasteiger partial charge in [0.15, 0.2) is 6.10 Å². The van der Waals surface area contributed by atoms with Gasteiger partial charge in [0, 0.05) is 19.4 Å². The Hall–Kier alpha value is -3.44. The van der Waals surface area contributed by atoms with E-state index in [2.05, 4.69) is 130 Å². The molecule has 5 heteroatoms. The van der Waals surface area contributed by atoms with E-state index in [-0.39, 0.29) is 25.2 Å². The molecule has 0 saturated heterocycles. The maximum Gasteiger partial charge on any atom is 0.306 e. The number of ether oxygens (including phenoxy) is 3. The average molecular weight is 972 g/mol. The minimum absolute atomic E-state index is 0.0539. The molecule has 0 amide bonds. The second kappa shape index (κ2) is 59.9. The second-order valence-electron chi connectivity index (χ2n) is 19.2. The zero-order valence-electron chi connectivity index (χ0n) is 46.0. The summed E-state index contributed by atoms with van der Waals surface area (Å²) in [4.78, 5) is 25.6. The van der Waals surface area contributed by atoms with Crippen LogP contribution in [-0.2, 0) is 23.8 Å². The first-order valence-corrected chi connectivity index (χ1v) is 29.4. The van der Waals surface area contributed by atoms with E-state index in [1.807, 2.05) is 0 Å². The summed E-state index contributed by atoms with van der Waals surface area (Å²) in [6.45, 7) is 7.58. The van der Waals surface area contributed by atoms with Gasteiger partial charge in [-0.1, -0.05) is 233 Å². The monoisotopic (exact) mass is 971 g/mol. The molecule has 70 heavy (non-hydrogen) atoms. The molecule has 1 unspecified atom stereocenters. The third-order valence-electron chi connectivity index (χ3n) is 12.3. The number of allylic oxidation sites excluding steroid dienone is 18. The highest BCUT2D eigenvalue weighted by Gasteiger charge is 2.17. The Labute approximate surface area is 434 Å². The van der Waals surface area contributed by atoms with E-state index in [9.17, 15) is 9.59 Å². The Morgan fingerprint density at radius 3 is 1.07 bits per heavy atom. The topological polar surface area (TPSA) is 61.8 Å². The molecular weight excluding hydrogens is 861 g/mol.